The Kier molecular flexibility index (Phi) is 7.63. The molecular weight excluding hydrogens is 355 g/mol. The largest absolute Gasteiger partial charge is 0.462 e. The van der Waals surface area contributed by atoms with E-state index in [4.69, 9.17) is 15.0 Å². The van der Waals surface area contributed by atoms with Crippen LogP contribution in [0.4, 0.5) is 13.2 Å². The van der Waals surface area contributed by atoms with Crippen molar-refractivity contribution < 1.29 is 32.2 Å². The van der Waals surface area contributed by atoms with Gasteiger partial charge in [-0.25, -0.2) is 15.3 Å². The van der Waals surface area contributed by atoms with Crippen LogP contribution < -0.4 is 4.74 Å². The first kappa shape index (κ1) is 21.0. The molecule has 0 radical (unpaired) electrons. The lowest BCUT2D eigenvalue weighted by Crippen LogP contribution is -2.12. The SMILES string of the molecule is CCOC(=O)c1c(C=O)ccnc1OC(/C=C\CC(F)(F)F)=C(/C)N=N. The Morgan fingerprint density at radius 2 is 2.12 bits per heavy atom. The molecule has 0 aliphatic rings. The van der Waals surface area contributed by atoms with Crippen LogP contribution in [-0.2, 0) is 4.74 Å². The molecule has 10 heteroatoms. The van der Waals surface area contributed by atoms with Gasteiger partial charge in [-0.15, -0.1) is 0 Å². The highest BCUT2D eigenvalue weighted by molar-refractivity contribution is 6.00. The molecule has 140 valence electrons. The molecule has 0 aliphatic carbocycles. The van der Waals surface area contributed by atoms with Crippen molar-refractivity contribution in [3.63, 3.8) is 0 Å². The molecule has 26 heavy (non-hydrogen) atoms. The lowest BCUT2D eigenvalue weighted by Gasteiger charge is -2.12. The number of halogens is 3. The summed E-state index contributed by atoms with van der Waals surface area (Å²) in [5.41, 5.74) is 6.61. The number of hydrogen-bond donors (Lipinski definition) is 1. The Labute approximate surface area is 147 Å². The molecule has 0 aliphatic heterocycles. The molecule has 0 saturated carbocycles. The fraction of sp³-hybridized carbons (Fsp3) is 0.312. The van der Waals surface area contributed by atoms with E-state index < -0.39 is 18.6 Å². The number of nitrogens with zero attached hydrogens (tertiary/aromatic N) is 2. The number of alkyl halides is 3. The molecule has 1 N–H and O–H groups in total. The van der Waals surface area contributed by atoms with Gasteiger partial charge in [-0.2, -0.15) is 18.3 Å². The first-order valence-corrected chi connectivity index (χ1v) is 7.34. The monoisotopic (exact) mass is 371 g/mol. The summed E-state index contributed by atoms with van der Waals surface area (Å²) in [6.07, 6.45) is -2.32. The van der Waals surface area contributed by atoms with Crippen LogP contribution in [0.2, 0.25) is 0 Å². The zero-order valence-electron chi connectivity index (χ0n) is 14.0. The van der Waals surface area contributed by atoms with E-state index in [9.17, 15) is 22.8 Å². The van der Waals surface area contributed by atoms with E-state index in [0.717, 1.165) is 12.2 Å². The summed E-state index contributed by atoms with van der Waals surface area (Å²) >= 11 is 0. The zero-order chi connectivity index (χ0) is 19.7. The molecule has 0 spiro atoms. The van der Waals surface area contributed by atoms with Gasteiger partial charge in [0.05, 0.1) is 13.0 Å². The second kappa shape index (κ2) is 9.44. The van der Waals surface area contributed by atoms with E-state index in [1.807, 2.05) is 0 Å². The number of aldehydes is 1. The third-order valence-electron chi connectivity index (χ3n) is 2.90. The lowest BCUT2D eigenvalue weighted by molar-refractivity contribution is -0.125. The molecule has 1 rings (SSSR count). The number of pyridine rings is 1. The number of allylic oxidation sites excluding steroid dienone is 3. The Balaban J connectivity index is 3.29. The first-order chi connectivity index (χ1) is 12.2. The average molecular weight is 371 g/mol. The Hall–Kier alpha value is -3.04. The third-order valence-corrected chi connectivity index (χ3v) is 2.90. The van der Waals surface area contributed by atoms with Crippen LogP contribution in [-0.4, -0.2) is 30.0 Å². The molecule has 0 unspecified atom stereocenters. The Bertz CT molecular complexity index is 743. The summed E-state index contributed by atoms with van der Waals surface area (Å²) < 4.78 is 47.1. The number of carbonyl (C=O) groups excluding carboxylic acids is 2. The summed E-state index contributed by atoms with van der Waals surface area (Å²) in [5, 5.41) is 3.11. The van der Waals surface area contributed by atoms with Gasteiger partial charge in [0.15, 0.2) is 12.0 Å². The highest BCUT2D eigenvalue weighted by atomic mass is 19.4. The molecule has 0 saturated heterocycles. The number of esters is 1. The van der Waals surface area contributed by atoms with E-state index in [1.165, 1.54) is 19.2 Å². The van der Waals surface area contributed by atoms with Gasteiger partial charge in [0, 0.05) is 11.8 Å². The van der Waals surface area contributed by atoms with Crippen molar-refractivity contribution in [2.24, 2.45) is 5.11 Å². The van der Waals surface area contributed by atoms with Crippen molar-refractivity contribution in [3.8, 4) is 5.88 Å². The highest BCUT2D eigenvalue weighted by Crippen LogP contribution is 2.25. The van der Waals surface area contributed by atoms with Crippen LogP contribution in [0.1, 0.15) is 41.0 Å². The summed E-state index contributed by atoms with van der Waals surface area (Å²) in [7, 11) is 0. The van der Waals surface area contributed by atoms with Gasteiger partial charge in [-0.3, -0.25) is 4.79 Å². The lowest BCUT2D eigenvalue weighted by atomic mass is 10.1. The number of hydrogen-bond acceptors (Lipinski definition) is 7. The molecule has 1 heterocycles. The highest BCUT2D eigenvalue weighted by Gasteiger charge is 2.25. The second-order valence-electron chi connectivity index (χ2n) is 4.80. The van der Waals surface area contributed by atoms with Crippen LogP contribution in [0.3, 0.4) is 0 Å². The Morgan fingerprint density at radius 3 is 2.65 bits per heavy atom. The van der Waals surface area contributed by atoms with Gasteiger partial charge in [0.25, 0.3) is 0 Å². The van der Waals surface area contributed by atoms with Crippen molar-refractivity contribution in [3.05, 3.63) is 47.0 Å². The van der Waals surface area contributed by atoms with Gasteiger partial charge >= 0.3 is 12.1 Å². The van der Waals surface area contributed by atoms with Gasteiger partial charge in [-0.1, -0.05) is 6.08 Å². The van der Waals surface area contributed by atoms with E-state index in [2.05, 4.69) is 10.1 Å². The zero-order valence-corrected chi connectivity index (χ0v) is 14.0. The standard InChI is InChI=1S/C16H16F3N3O4/c1-3-25-15(24)13-11(9-23)6-8-21-14(13)26-12(10(2)22-20)5-4-7-16(17,18)19/h4-6,8-9,20H,3,7H2,1-2H3/b5-4-,12-10-,22-20?. The van der Waals surface area contributed by atoms with Crippen molar-refractivity contribution in [2.45, 2.75) is 26.4 Å². The van der Waals surface area contributed by atoms with Crippen molar-refractivity contribution in [1.82, 2.24) is 4.98 Å². The fourth-order valence-electron chi connectivity index (χ4n) is 1.73. The van der Waals surface area contributed by atoms with Gasteiger partial charge in [0.1, 0.15) is 11.3 Å². The average Bonchev–Trinajstić information content (AvgIpc) is 2.58. The molecule has 0 bridgehead atoms. The maximum Gasteiger partial charge on any atom is 0.392 e. The molecule has 1 aromatic heterocycles. The number of carbonyl (C=O) groups is 2. The van der Waals surface area contributed by atoms with Crippen LogP contribution in [0, 0.1) is 5.53 Å². The minimum Gasteiger partial charge on any atom is -0.462 e. The third kappa shape index (κ3) is 6.11. The van der Waals surface area contributed by atoms with Crippen LogP contribution >= 0.6 is 0 Å². The van der Waals surface area contributed by atoms with E-state index >= 15 is 0 Å². The molecule has 7 nitrogen and oxygen atoms in total. The van der Waals surface area contributed by atoms with E-state index in [1.54, 1.807) is 6.92 Å². The minimum absolute atomic E-state index is 0.0285. The van der Waals surface area contributed by atoms with Crippen molar-refractivity contribution in [2.75, 3.05) is 6.61 Å². The van der Waals surface area contributed by atoms with Crippen molar-refractivity contribution in [1.29, 1.82) is 5.53 Å². The predicted molar refractivity (Wildman–Crippen MR) is 83.9 cm³/mol. The second-order valence-corrected chi connectivity index (χ2v) is 4.80. The smallest absolute Gasteiger partial charge is 0.392 e. The van der Waals surface area contributed by atoms with E-state index in [0.29, 0.717) is 6.29 Å². The molecule has 0 fully saturated rings. The Morgan fingerprint density at radius 1 is 1.42 bits per heavy atom. The quantitative estimate of drug-likeness (QED) is 0.242. The van der Waals surface area contributed by atoms with Crippen LogP contribution in [0.15, 0.2) is 41.0 Å². The summed E-state index contributed by atoms with van der Waals surface area (Å²) in [6, 6.07) is 1.26. The summed E-state index contributed by atoms with van der Waals surface area (Å²) in [4.78, 5) is 27.1. The molecule has 0 aromatic carbocycles. The van der Waals surface area contributed by atoms with Gasteiger partial charge in [0.2, 0.25) is 5.88 Å². The van der Waals surface area contributed by atoms with Crippen LogP contribution in [0.5, 0.6) is 5.88 Å². The fourth-order valence-corrected chi connectivity index (χ4v) is 1.73. The van der Waals surface area contributed by atoms with Crippen molar-refractivity contribution >= 4 is 12.3 Å². The molecule has 1 aromatic rings. The summed E-state index contributed by atoms with van der Waals surface area (Å²) in [5.74, 6) is -1.45. The maximum atomic E-state index is 12.3. The summed E-state index contributed by atoms with van der Waals surface area (Å²) in [6.45, 7) is 2.91. The van der Waals surface area contributed by atoms with Gasteiger partial charge < -0.3 is 9.47 Å². The first-order valence-electron chi connectivity index (χ1n) is 7.34. The molecule has 0 atom stereocenters. The normalized spacial score (nSPS) is 12.5. The number of aromatic nitrogens is 1. The minimum atomic E-state index is -4.42. The maximum absolute atomic E-state index is 12.3. The topological polar surface area (TPSA) is 102 Å². The number of ether oxygens (including phenoxy) is 2. The predicted octanol–water partition coefficient (Wildman–Crippen LogP) is 4.22. The van der Waals surface area contributed by atoms with Gasteiger partial charge in [-0.05, 0) is 26.0 Å². The molecular formula is C16H16F3N3O4. The number of rotatable bonds is 8. The number of nitrogens with one attached hydrogen (secondary N) is 1. The van der Waals surface area contributed by atoms with Crippen LogP contribution in [0.25, 0.3) is 0 Å². The molecule has 0 amide bonds. The van der Waals surface area contributed by atoms with E-state index in [-0.39, 0.29) is 35.1 Å².